The van der Waals surface area contributed by atoms with E-state index in [9.17, 15) is 9.59 Å². The van der Waals surface area contributed by atoms with Crippen LogP contribution in [0.15, 0.2) is 53.7 Å². The summed E-state index contributed by atoms with van der Waals surface area (Å²) in [6.45, 7) is 4.38. The third kappa shape index (κ3) is 5.80. The summed E-state index contributed by atoms with van der Waals surface area (Å²) in [6, 6.07) is 13.6. The van der Waals surface area contributed by atoms with Crippen LogP contribution in [0, 0.1) is 0 Å². The van der Waals surface area contributed by atoms with Crippen molar-refractivity contribution in [1.82, 2.24) is 20.1 Å². The number of ether oxygens (including phenoxy) is 1. The summed E-state index contributed by atoms with van der Waals surface area (Å²) >= 11 is 7.40. The van der Waals surface area contributed by atoms with Gasteiger partial charge in [-0.05, 0) is 50.2 Å². The van der Waals surface area contributed by atoms with E-state index >= 15 is 0 Å². The van der Waals surface area contributed by atoms with Gasteiger partial charge in [-0.3, -0.25) is 9.59 Å². The quantitative estimate of drug-likeness (QED) is 0.452. The van der Waals surface area contributed by atoms with E-state index in [2.05, 4.69) is 20.8 Å². The van der Waals surface area contributed by atoms with Gasteiger partial charge in [0.15, 0.2) is 11.0 Å². The molecule has 0 unspecified atom stereocenters. The SMILES string of the molecule is CCn1c(SCC(=O)Nc2ccc(OC)cc2)nnc1[C@@H](C)NC(=O)c1ccccc1Cl. The maximum atomic E-state index is 12.6. The zero-order valence-corrected chi connectivity index (χ0v) is 19.5. The molecule has 1 aromatic heterocycles. The third-order valence-electron chi connectivity index (χ3n) is 4.62. The summed E-state index contributed by atoms with van der Waals surface area (Å²) in [7, 11) is 1.59. The summed E-state index contributed by atoms with van der Waals surface area (Å²) in [5, 5.41) is 15.2. The summed E-state index contributed by atoms with van der Waals surface area (Å²) in [6.07, 6.45) is 0. The van der Waals surface area contributed by atoms with Crippen LogP contribution in [0.1, 0.15) is 36.1 Å². The normalized spacial score (nSPS) is 11.6. The van der Waals surface area contributed by atoms with Crippen molar-refractivity contribution in [1.29, 1.82) is 0 Å². The van der Waals surface area contributed by atoms with Gasteiger partial charge in [-0.25, -0.2) is 0 Å². The number of methoxy groups -OCH3 is 1. The van der Waals surface area contributed by atoms with Crippen LogP contribution in [0.5, 0.6) is 5.75 Å². The van der Waals surface area contributed by atoms with Crippen LogP contribution < -0.4 is 15.4 Å². The number of benzene rings is 2. The maximum absolute atomic E-state index is 12.6. The molecule has 0 aliphatic rings. The Labute approximate surface area is 195 Å². The number of hydrogen-bond donors (Lipinski definition) is 2. The van der Waals surface area contributed by atoms with Gasteiger partial charge in [0.1, 0.15) is 5.75 Å². The number of halogens is 1. The highest BCUT2D eigenvalue weighted by atomic mass is 35.5. The highest BCUT2D eigenvalue weighted by molar-refractivity contribution is 7.99. The molecule has 2 aromatic carbocycles. The molecule has 168 valence electrons. The van der Waals surface area contributed by atoms with Crippen molar-refractivity contribution in [2.45, 2.75) is 31.6 Å². The van der Waals surface area contributed by atoms with E-state index < -0.39 is 6.04 Å². The molecule has 0 radical (unpaired) electrons. The molecule has 2 N–H and O–H groups in total. The zero-order valence-electron chi connectivity index (χ0n) is 18.0. The number of rotatable bonds is 9. The van der Waals surface area contributed by atoms with Crippen molar-refractivity contribution in [2.24, 2.45) is 0 Å². The Hall–Kier alpha value is -3.04. The van der Waals surface area contributed by atoms with E-state index in [0.717, 1.165) is 5.75 Å². The number of carbonyl (C=O) groups excluding carboxylic acids is 2. The van der Waals surface area contributed by atoms with Crippen LogP contribution in [-0.2, 0) is 11.3 Å². The van der Waals surface area contributed by atoms with Crippen LogP contribution >= 0.6 is 23.4 Å². The number of nitrogens with one attached hydrogen (secondary N) is 2. The Morgan fingerprint density at radius 2 is 1.88 bits per heavy atom. The lowest BCUT2D eigenvalue weighted by Gasteiger charge is -2.15. The highest BCUT2D eigenvalue weighted by Crippen LogP contribution is 2.22. The summed E-state index contributed by atoms with van der Waals surface area (Å²) < 4.78 is 6.99. The molecule has 32 heavy (non-hydrogen) atoms. The van der Waals surface area contributed by atoms with E-state index in [1.54, 1.807) is 55.6 Å². The van der Waals surface area contributed by atoms with Gasteiger partial charge in [-0.2, -0.15) is 0 Å². The second-order valence-corrected chi connectivity index (χ2v) is 8.18. The average Bonchev–Trinajstić information content (AvgIpc) is 3.21. The van der Waals surface area contributed by atoms with Crippen LogP contribution in [0.3, 0.4) is 0 Å². The molecular weight excluding hydrogens is 450 g/mol. The molecule has 8 nitrogen and oxygen atoms in total. The monoisotopic (exact) mass is 473 g/mol. The molecule has 10 heteroatoms. The van der Waals surface area contributed by atoms with Gasteiger partial charge in [0.2, 0.25) is 5.91 Å². The fourth-order valence-electron chi connectivity index (χ4n) is 3.01. The smallest absolute Gasteiger partial charge is 0.253 e. The molecule has 1 atom stereocenters. The molecule has 0 bridgehead atoms. The fourth-order valence-corrected chi connectivity index (χ4v) is 4.04. The van der Waals surface area contributed by atoms with Crippen LogP contribution in [0.25, 0.3) is 0 Å². The van der Waals surface area contributed by atoms with E-state index in [0.29, 0.717) is 33.8 Å². The molecule has 0 aliphatic heterocycles. The topological polar surface area (TPSA) is 98.1 Å². The van der Waals surface area contributed by atoms with Gasteiger partial charge in [-0.15, -0.1) is 10.2 Å². The van der Waals surface area contributed by atoms with Crippen LogP contribution in [0.2, 0.25) is 5.02 Å². The first-order valence-corrected chi connectivity index (χ1v) is 11.3. The zero-order chi connectivity index (χ0) is 23.1. The lowest BCUT2D eigenvalue weighted by atomic mass is 10.2. The number of amides is 2. The van der Waals surface area contributed by atoms with Crippen molar-refractivity contribution in [2.75, 3.05) is 18.2 Å². The molecule has 3 rings (SSSR count). The number of anilines is 1. The van der Waals surface area contributed by atoms with E-state index in [1.807, 2.05) is 18.4 Å². The van der Waals surface area contributed by atoms with Crippen LogP contribution in [-0.4, -0.2) is 39.4 Å². The molecule has 0 spiro atoms. The Morgan fingerprint density at radius 1 is 1.16 bits per heavy atom. The number of nitrogens with zero attached hydrogens (tertiary/aromatic N) is 3. The second kappa shape index (κ2) is 11.0. The predicted octanol–water partition coefficient (Wildman–Crippen LogP) is 4.18. The van der Waals surface area contributed by atoms with Crippen LogP contribution in [0.4, 0.5) is 5.69 Å². The standard InChI is InChI=1S/C22H24ClN5O3S/c1-4-28-20(14(2)24-21(30)17-7-5-6-8-18(17)23)26-27-22(28)32-13-19(29)25-15-9-11-16(31-3)12-10-15/h5-12,14H,4,13H2,1-3H3,(H,24,30)(H,25,29)/t14-/m1/s1. The lowest BCUT2D eigenvalue weighted by molar-refractivity contribution is -0.113. The molecular formula is C22H24ClN5O3S. The minimum Gasteiger partial charge on any atom is -0.497 e. The maximum Gasteiger partial charge on any atom is 0.253 e. The Kier molecular flexibility index (Phi) is 8.13. The summed E-state index contributed by atoms with van der Waals surface area (Å²) in [4.78, 5) is 24.9. The van der Waals surface area contributed by atoms with Gasteiger partial charge in [0, 0.05) is 12.2 Å². The molecule has 2 amide bonds. The predicted molar refractivity (Wildman–Crippen MR) is 125 cm³/mol. The minimum atomic E-state index is -0.395. The van der Waals surface area contributed by atoms with Crippen molar-refractivity contribution in [3.8, 4) is 5.75 Å². The molecule has 0 aliphatic carbocycles. The Morgan fingerprint density at radius 3 is 2.53 bits per heavy atom. The molecule has 0 saturated carbocycles. The Bertz CT molecular complexity index is 1090. The third-order valence-corrected chi connectivity index (χ3v) is 5.92. The summed E-state index contributed by atoms with van der Waals surface area (Å²) in [5.74, 6) is 1.04. The van der Waals surface area contributed by atoms with E-state index in [1.165, 1.54) is 11.8 Å². The first-order chi connectivity index (χ1) is 15.4. The van der Waals surface area contributed by atoms with Gasteiger partial charge in [-0.1, -0.05) is 35.5 Å². The minimum absolute atomic E-state index is 0.160. The lowest BCUT2D eigenvalue weighted by Crippen LogP contribution is -2.29. The Balaban J connectivity index is 1.61. The van der Waals surface area contributed by atoms with Gasteiger partial charge in [0.25, 0.3) is 5.91 Å². The van der Waals surface area contributed by atoms with Crippen molar-refractivity contribution >= 4 is 40.9 Å². The molecule has 0 saturated heterocycles. The second-order valence-electron chi connectivity index (χ2n) is 6.83. The van der Waals surface area contributed by atoms with Crippen molar-refractivity contribution in [3.05, 3.63) is 64.9 Å². The number of carbonyl (C=O) groups is 2. The van der Waals surface area contributed by atoms with Gasteiger partial charge < -0.3 is 19.9 Å². The molecule has 0 fully saturated rings. The highest BCUT2D eigenvalue weighted by Gasteiger charge is 2.21. The van der Waals surface area contributed by atoms with Crippen molar-refractivity contribution < 1.29 is 14.3 Å². The number of hydrogen-bond acceptors (Lipinski definition) is 6. The van der Waals surface area contributed by atoms with Gasteiger partial charge in [0.05, 0.1) is 29.5 Å². The summed E-state index contributed by atoms with van der Waals surface area (Å²) in [5.41, 5.74) is 1.08. The number of thioether (sulfide) groups is 1. The van der Waals surface area contributed by atoms with E-state index in [-0.39, 0.29) is 17.6 Å². The average molecular weight is 474 g/mol. The fraction of sp³-hybridized carbons (Fsp3) is 0.273. The van der Waals surface area contributed by atoms with Gasteiger partial charge >= 0.3 is 0 Å². The first-order valence-electron chi connectivity index (χ1n) is 9.98. The molecule has 1 heterocycles. The largest absolute Gasteiger partial charge is 0.497 e. The van der Waals surface area contributed by atoms with Crippen molar-refractivity contribution in [3.63, 3.8) is 0 Å². The first kappa shape index (κ1) is 23.6. The number of aromatic nitrogens is 3. The molecule has 3 aromatic rings. The van der Waals surface area contributed by atoms with E-state index in [4.69, 9.17) is 16.3 Å².